The number of aromatic nitrogens is 1. The molecule has 0 spiro atoms. The van der Waals surface area contributed by atoms with Gasteiger partial charge in [0.05, 0.1) is 20.3 Å². The van der Waals surface area contributed by atoms with Crippen molar-refractivity contribution in [3.63, 3.8) is 0 Å². The van der Waals surface area contributed by atoms with Crippen molar-refractivity contribution in [1.29, 1.82) is 0 Å². The zero-order chi connectivity index (χ0) is 45.0. The Hall–Kier alpha value is -4.88. The van der Waals surface area contributed by atoms with E-state index in [9.17, 15) is 45.2 Å². The summed E-state index contributed by atoms with van der Waals surface area (Å²) >= 11 is 0. The Morgan fingerprint density at radius 3 is 2.53 bits per heavy atom. The van der Waals surface area contributed by atoms with Crippen molar-refractivity contribution in [1.82, 2.24) is 25.2 Å². The van der Waals surface area contributed by atoms with Gasteiger partial charge in [-0.05, 0) is 101 Å². The number of rotatable bonds is 9. The normalized spacial score (nSPS) is 29.3. The number of carbonyl (C=O) groups is 4. The summed E-state index contributed by atoms with van der Waals surface area (Å²) in [5, 5.41) is 6.46. The fraction of sp³-hybridized carbons (Fsp3) is 0.643. The molecule has 3 aliphatic heterocycles. The number of halogens is 4. The fourth-order valence-electron chi connectivity index (χ4n) is 8.64. The number of fused-ring (bicyclic) bond motifs is 5. The number of allylic oxidation sites excluding steroid dienone is 1. The molecule has 62 heavy (non-hydrogen) atoms. The smallest absolute Gasteiger partial charge is 0.427 e. The molecule has 4 amide bonds. The first-order chi connectivity index (χ1) is 29.1. The van der Waals surface area contributed by atoms with Crippen LogP contribution in [0.2, 0.25) is 0 Å². The summed E-state index contributed by atoms with van der Waals surface area (Å²) in [6.45, 7) is 3.88. The second-order valence-electron chi connectivity index (χ2n) is 17.9. The average Bonchev–Trinajstić information content (AvgIpc) is 4.12. The highest BCUT2D eigenvalue weighted by Crippen LogP contribution is 2.48. The quantitative estimate of drug-likeness (QED) is 0.222. The van der Waals surface area contributed by atoms with Crippen molar-refractivity contribution < 1.29 is 64.1 Å². The fourth-order valence-corrected chi connectivity index (χ4v) is 10.1. The zero-order valence-electron chi connectivity index (χ0n) is 35.2. The summed E-state index contributed by atoms with van der Waals surface area (Å²) in [7, 11) is -2.94. The van der Waals surface area contributed by atoms with Crippen LogP contribution >= 0.6 is 0 Å². The highest BCUT2D eigenvalue weighted by Gasteiger charge is 2.64. The summed E-state index contributed by atoms with van der Waals surface area (Å²) in [4.78, 5) is 62.6. The van der Waals surface area contributed by atoms with E-state index in [1.54, 1.807) is 25.1 Å². The van der Waals surface area contributed by atoms with Crippen molar-refractivity contribution in [2.45, 2.75) is 126 Å². The van der Waals surface area contributed by atoms with Gasteiger partial charge in [0.1, 0.15) is 40.9 Å². The maximum absolute atomic E-state index is 14.9. The van der Waals surface area contributed by atoms with Gasteiger partial charge in [-0.25, -0.2) is 17.6 Å². The van der Waals surface area contributed by atoms with Crippen molar-refractivity contribution in [3.8, 4) is 17.5 Å². The van der Waals surface area contributed by atoms with E-state index in [1.165, 1.54) is 7.11 Å². The van der Waals surface area contributed by atoms with Gasteiger partial charge in [-0.3, -0.25) is 19.1 Å². The zero-order valence-corrected chi connectivity index (χ0v) is 36.0. The second-order valence-corrected chi connectivity index (χ2v) is 20.0. The highest BCUT2D eigenvalue weighted by molar-refractivity contribution is 7.91. The molecule has 7 atom stereocenters. The number of nitrogens with one attached hydrogen (secondary N) is 3. The number of alkyl halides is 4. The molecule has 20 heteroatoms. The lowest BCUT2D eigenvalue weighted by Gasteiger charge is -2.34. The van der Waals surface area contributed by atoms with Crippen LogP contribution in [0.3, 0.4) is 0 Å². The molecule has 1 aromatic heterocycles. The number of pyridine rings is 1. The Bertz CT molecular complexity index is 2250. The topological polar surface area (TPSA) is 192 Å². The Labute approximate surface area is 357 Å². The number of hydrogen-bond acceptors (Lipinski definition) is 11. The molecule has 4 heterocycles. The molecule has 0 bridgehead atoms. The molecule has 15 nitrogen and oxygen atoms in total. The maximum atomic E-state index is 14.9. The number of ether oxygens (including phenoxy) is 4. The van der Waals surface area contributed by atoms with Gasteiger partial charge in [0.2, 0.25) is 39.2 Å². The molecular weight excluding hydrogens is 843 g/mol. The van der Waals surface area contributed by atoms with Crippen LogP contribution < -0.4 is 29.6 Å². The van der Waals surface area contributed by atoms with Crippen LogP contribution in [0.4, 0.5) is 22.4 Å². The molecule has 2 saturated carbocycles. The van der Waals surface area contributed by atoms with Crippen molar-refractivity contribution in [2.75, 3.05) is 26.9 Å². The number of carbonyl (C=O) groups excluding carboxylic acids is 4. The number of hydrogen-bond donors (Lipinski definition) is 3. The number of sulfonamides is 1. The van der Waals surface area contributed by atoms with Gasteiger partial charge in [0, 0.05) is 23.3 Å². The maximum Gasteiger partial charge on any atom is 0.427 e. The summed E-state index contributed by atoms with van der Waals surface area (Å²) in [6, 6.07) is 2.43. The third kappa shape index (κ3) is 8.71. The van der Waals surface area contributed by atoms with Gasteiger partial charge < -0.3 is 34.5 Å². The van der Waals surface area contributed by atoms with E-state index >= 15 is 0 Å². The van der Waals surface area contributed by atoms with Crippen LogP contribution in [0.15, 0.2) is 30.4 Å². The third-order valence-corrected chi connectivity index (χ3v) is 15.0. The van der Waals surface area contributed by atoms with E-state index in [1.807, 2.05) is 23.8 Å². The number of alkyl carbamates (subject to hydrolysis) is 1. The van der Waals surface area contributed by atoms with Crippen LogP contribution in [-0.2, 0) is 35.6 Å². The van der Waals surface area contributed by atoms with Crippen LogP contribution in [0.5, 0.6) is 17.5 Å². The van der Waals surface area contributed by atoms with E-state index in [4.69, 9.17) is 18.9 Å². The number of methoxy groups -OCH3 is 1. The van der Waals surface area contributed by atoms with Gasteiger partial charge in [-0.2, -0.15) is 18.2 Å². The van der Waals surface area contributed by atoms with Crippen LogP contribution in [0, 0.1) is 17.8 Å². The molecular formula is C42H53F4N5O10S. The molecule has 1 aromatic carbocycles. The summed E-state index contributed by atoms with van der Waals surface area (Å²) in [6.07, 6.45) is -1.16. The first-order valence-electron chi connectivity index (χ1n) is 20.9. The Kier molecular flexibility index (Phi) is 12.1. The van der Waals surface area contributed by atoms with Crippen molar-refractivity contribution >= 4 is 44.6 Å². The second kappa shape index (κ2) is 16.7. The molecule has 0 unspecified atom stereocenters. The minimum Gasteiger partial charge on any atom is -0.497 e. The van der Waals surface area contributed by atoms with Gasteiger partial charge in [0.25, 0.3) is 5.91 Å². The molecule has 5 aliphatic rings. The van der Waals surface area contributed by atoms with Crippen LogP contribution in [0.1, 0.15) is 84.6 Å². The predicted molar refractivity (Wildman–Crippen MR) is 215 cm³/mol. The Morgan fingerprint density at radius 1 is 1.11 bits per heavy atom. The van der Waals surface area contributed by atoms with E-state index in [0.29, 0.717) is 63.2 Å². The molecule has 3 N–H and O–H groups in total. The van der Waals surface area contributed by atoms with Gasteiger partial charge in [0.15, 0.2) is 0 Å². The summed E-state index contributed by atoms with van der Waals surface area (Å²) < 4.78 is 105. The predicted octanol–water partition coefficient (Wildman–Crippen LogP) is 5.19. The standard InChI is InChI=1S/C42H53F4N5O10S/c1-23-9-6-7-10-25-20-41(25,37(54)50-62(56,57)40(22-43)14-15-40)49-33(52)31-19-27(60-35-29-13-12-26(58-5)18-30(29)28-11-8-16-59-34(28)48-35)21-51(31)36(53)32(24(2)17-23)47-38(55)61-39(3,4)42(44,45)46/h7,10,12-13,18,23-25,27,31-32H,6,8-9,11,14-17,19-22H2,1-5H3,(H,47,55)(H,49,52)(H,50,54)/b10-7-/t23-,24-,25-,27-,31+,32+,41-/m1/s1. The Morgan fingerprint density at radius 2 is 1.85 bits per heavy atom. The lowest BCUT2D eigenvalue weighted by atomic mass is 9.88. The first-order valence-corrected chi connectivity index (χ1v) is 22.4. The molecule has 0 radical (unpaired) electrons. The summed E-state index contributed by atoms with van der Waals surface area (Å²) in [5.41, 5.74) is -3.85. The van der Waals surface area contributed by atoms with E-state index < -0.39 is 92.6 Å². The first kappa shape index (κ1) is 45.2. The monoisotopic (exact) mass is 895 g/mol. The van der Waals surface area contributed by atoms with Gasteiger partial charge in [-0.1, -0.05) is 26.0 Å². The van der Waals surface area contributed by atoms with Gasteiger partial charge >= 0.3 is 12.3 Å². The van der Waals surface area contributed by atoms with E-state index in [2.05, 4.69) is 15.6 Å². The number of amides is 4. The lowest BCUT2D eigenvalue weighted by molar-refractivity contribution is -0.244. The van der Waals surface area contributed by atoms with Crippen molar-refractivity contribution in [3.05, 3.63) is 35.9 Å². The third-order valence-electron chi connectivity index (χ3n) is 12.9. The summed E-state index contributed by atoms with van der Waals surface area (Å²) in [5.74, 6) is -3.09. The number of aryl methyl sites for hydroxylation is 1. The average molecular weight is 896 g/mol. The minimum atomic E-state index is -4.94. The number of nitrogens with zero attached hydrogens (tertiary/aromatic N) is 2. The molecule has 3 fully saturated rings. The van der Waals surface area contributed by atoms with Crippen molar-refractivity contribution in [2.24, 2.45) is 17.8 Å². The van der Waals surface area contributed by atoms with E-state index in [-0.39, 0.29) is 44.0 Å². The molecule has 340 valence electrons. The molecule has 2 aliphatic carbocycles. The SMILES string of the molecule is COc1ccc2c(O[C@@H]3C[C@H]4C(=O)N[C@]5(C(=O)NS(=O)(=O)C6(CF)CC6)C[C@H]5/C=C\CC[C@@H](C)C[C@@H](C)[C@H](NC(=O)OC(C)(C)C(F)(F)F)C(=O)N4C3)nc3c(c2c1)CCCO3. The van der Waals surface area contributed by atoms with Crippen LogP contribution in [0.25, 0.3) is 10.8 Å². The number of benzene rings is 1. The minimum absolute atomic E-state index is 0.00586. The Balaban J connectivity index is 1.25. The van der Waals surface area contributed by atoms with E-state index in [0.717, 1.165) is 22.3 Å². The van der Waals surface area contributed by atoms with Crippen LogP contribution in [-0.4, -0.2) is 109 Å². The molecule has 7 rings (SSSR count). The lowest BCUT2D eigenvalue weighted by Crippen LogP contribution is -2.60. The van der Waals surface area contributed by atoms with Gasteiger partial charge in [-0.15, -0.1) is 0 Å². The highest BCUT2D eigenvalue weighted by atomic mass is 32.2. The molecule has 2 aromatic rings. The molecule has 1 saturated heterocycles. The largest absolute Gasteiger partial charge is 0.497 e.